The first-order valence-electron chi connectivity index (χ1n) is 7.86. The van der Waals surface area contributed by atoms with Gasteiger partial charge in [0, 0.05) is 19.6 Å². The Hall–Kier alpha value is -1.95. The monoisotopic (exact) mass is 321 g/mol. The average molecular weight is 321 g/mol. The summed E-state index contributed by atoms with van der Waals surface area (Å²) in [6, 6.07) is 6.23. The second kappa shape index (κ2) is 7.55. The molecule has 1 aromatic rings. The molecule has 0 aliphatic heterocycles. The lowest BCUT2D eigenvalue weighted by atomic mass is 10.1. The number of halogens is 1. The van der Waals surface area contributed by atoms with Crippen molar-refractivity contribution in [2.24, 2.45) is 0 Å². The largest absolute Gasteiger partial charge is 0.352 e. The van der Waals surface area contributed by atoms with Gasteiger partial charge < -0.3 is 10.2 Å². The number of nitrogens with one attached hydrogen (secondary N) is 1. The van der Waals surface area contributed by atoms with Crippen LogP contribution in [0.3, 0.4) is 0 Å². The van der Waals surface area contributed by atoms with Crippen LogP contribution in [0.2, 0.25) is 0 Å². The Kier molecular flexibility index (Phi) is 5.71. The molecule has 1 saturated carbocycles. The quantitative estimate of drug-likeness (QED) is 0.825. The molecule has 1 atom stereocenters. The molecule has 1 aliphatic carbocycles. The van der Waals surface area contributed by atoms with Crippen LogP contribution in [-0.4, -0.2) is 54.3 Å². The maximum absolute atomic E-state index is 13.2. The summed E-state index contributed by atoms with van der Waals surface area (Å²) in [7, 11) is 3.44. The van der Waals surface area contributed by atoms with Crippen LogP contribution < -0.4 is 5.32 Å². The Morgan fingerprint density at radius 2 is 2.04 bits per heavy atom. The first-order valence-corrected chi connectivity index (χ1v) is 7.86. The lowest BCUT2D eigenvalue weighted by molar-refractivity contribution is -0.138. The molecule has 1 fully saturated rings. The lowest BCUT2D eigenvalue weighted by Crippen LogP contribution is -2.47. The fourth-order valence-electron chi connectivity index (χ4n) is 2.36. The molecular weight excluding hydrogens is 297 g/mol. The van der Waals surface area contributed by atoms with E-state index in [1.807, 2.05) is 18.0 Å². The Bertz CT molecular complexity index is 575. The summed E-state index contributed by atoms with van der Waals surface area (Å²) in [6.45, 7) is 2.32. The highest BCUT2D eigenvalue weighted by molar-refractivity contribution is 5.87. The number of hydrogen-bond acceptors (Lipinski definition) is 3. The van der Waals surface area contributed by atoms with Gasteiger partial charge in [0.2, 0.25) is 11.8 Å². The van der Waals surface area contributed by atoms with Gasteiger partial charge in [-0.05, 0) is 44.5 Å². The zero-order chi connectivity index (χ0) is 17.0. The summed E-state index contributed by atoms with van der Waals surface area (Å²) in [5.74, 6) is -0.540. The van der Waals surface area contributed by atoms with Crippen LogP contribution in [0.1, 0.15) is 25.3 Å². The summed E-state index contributed by atoms with van der Waals surface area (Å²) < 4.78 is 13.2. The van der Waals surface area contributed by atoms with E-state index in [0.29, 0.717) is 12.6 Å². The molecule has 0 heterocycles. The van der Waals surface area contributed by atoms with E-state index in [2.05, 4.69) is 5.32 Å². The van der Waals surface area contributed by atoms with Crippen molar-refractivity contribution in [2.45, 2.75) is 38.4 Å². The number of hydrogen-bond donors (Lipinski definition) is 1. The van der Waals surface area contributed by atoms with Gasteiger partial charge in [0.15, 0.2) is 0 Å². The van der Waals surface area contributed by atoms with E-state index in [0.717, 1.165) is 18.4 Å². The third-order valence-corrected chi connectivity index (χ3v) is 4.04. The molecule has 1 unspecified atom stereocenters. The Morgan fingerprint density at radius 3 is 2.65 bits per heavy atom. The van der Waals surface area contributed by atoms with Crippen molar-refractivity contribution < 1.29 is 14.0 Å². The predicted molar refractivity (Wildman–Crippen MR) is 86.1 cm³/mol. The zero-order valence-corrected chi connectivity index (χ0v) is 13.9. The molecule has 5 nitrogen and oxygen atoms in total. The average Bonchev–Trinajstić information content (AvgIpc) is 3.29. The first-order chi connectivity index (χ1) is 10.9. The molecule has 1 N–H and O–H groups in total. The molecule has 0 radical (unpaired) electrons. The minimum Gasteiger partial charge on any atom is -0.352 e. The first kappa shape index (κ1) is 17.4. The van der Waals surface area contributed by atoms with E-state index in [1.165, 1.54) is 17.0 Å². The van der Waals surface area contributed by atoms with Gasteiger partial charge in [-0.3, -0.25) is 14.5 Å². The summed E-state index contributed by atoms with van der Waals surface area (Å²) in [4.78, 5) is 27.5. The van der Waals surface area contributed by atoms with Crippen LogP contribution in [-0.2, 0) is 16.1 Å². The van der Waals surface area contributed by atoms with Gasteiger partial charge in [-0.25, -0.2) is 4.39 Å². The lowest BCUT2D eigenvalue weighted by Gasteiger charge is -2.28. The topological polar surface area (TPSA) is 52.7 Å². The number of benzene rings is 1. The molecule has 1 aliphatic rings. The molecule has 0 bridgehead atoms. The normalized spacial score (nSPS) is 15.3. The van der Waals surface area contributed by atoms with Crippen molar-refractivity contribution in [1.82, 2.24) is 15.1 Å². The summed E-state index contributed by atoms with van der Waals surface area (Å²) in [5, 5.41) is 2.87. The molecule has 23 heavy (non-hydrogen) atoms. The second-order valence-electron chi connectivity index (χ2n) is 6.26. The molecule has 2 amide bonds. The van der Waals surface area contributed by atoms with E-state index < -0.39 is 6.04 Å². The van der Waals surface area contributed by atoms with Crippen LogP contribution in [0.5, 0.6) is 0 Å². The second-order valence-corrected chi connectivity index (χ2v) is 6.26. The Balaban J connectivity index is 1.85. The van der Waals surface area contributed by atoms with Crippen molar-refractivity contribution in [1.29, 1.82) is 0 Å². The van der Waals surface area contributed by atoms with Crippen molar-refractivity contribution in [3.05, 3.63) is 35.6 Å². The molecule has 0 aromatic heterocycles. The number of nitrogens with zero attached hydrogens (tertiary/aromatic N) is 2. The molecule has 1 aromatic carbocycles. The fraction of sp³-hybridized carbons (Fsp3) is 0.529. The van der Waals surface area contributed by atoms with Gasteiger partial charge in [0.05, 0.1) is 12.6 Å². The molecular formula is C17H24FN3O2. The smallest absolute Gasteiger partial charge is 0.239 e. The van der Waals surface area contributed by atoms with Crippen molar-refractivity contribution in [2.75, 3.05) is 20.6 Å². The van der Waals surface area contributed by atoms with E-state index in [9.17, 15) is 14.0 Å². The van der Waals surface area contributed by atoms with E-state index in [-0.39, 0.29) is 24.2 Å². The fourth-order valence-corrected chi connectivity index (χ4v) is 2.36. The minimum absolute atomic E-state index is 0.0630. The maximum Gasteiger partial charge on any atom is 0.239 e. The number of likely N-dealkylation sites (N-methyl/N-ethyl adjacent to an activating group) is 2. The van der Waals surface area contributed by atoms with Crippen LogP contribution in [0.15, 0.2) is 24.3 Å². The minimum atomic E-state index is -0.392. The van der Waals surface area contributed by atoms with E-state index >= 15 is 0 Å². The van der Waals surface area contributed by atoms with Crippen LogP contribution in [0.25, 0.3) is 0 Å². The summed E-state index contributed by atoms with van der Waals surface area (Å²) in [5.41, 5.74) is 0.807. The third-order valence-electron chi connectivity index (χ3n) is 4.04. The molecule has 0 spiro atoms. The molecule has 6 heteroatoms. The molecule has 126 valence electrons. The standard InChI is InChI=1S/C17H24FN3O2/c1-12(20(2)10-13-5-4-6-14(18)9-13)17(23)21(3)11-16(22)19-15-7-8-15/h4-6,9,12,15H,7-8,10-11H2,1-3H3,(H,19,22). The third kappa shape index (κ3) is 5.32. The van der Waals surface area contributed by atoms with Crippen LogP contribution in [0, 0.1) is 5.82 Å². The van der Waals surface area contributed by atoms with Crippen molar-refractivity contribution in [3.8, 4) is 0 Å². The number of carbonyl (C=O) groups is 2. The maximum atomic E-state index is 13.2. The van der Waals surface area contributed by atoms with Crippen molar-refractivity contribution >= 4 is 11.8 Å². The number of amides is 2. The highest BCUT2D eigenvalue weighted by Crippen LogP contribution is 2.18. The SMILES string of the molecule is CC(C(=O)N(C)CC(=O)NC1CC1)N(C)Cc1cccc(F)c1. The highest BCUT2D eigenvalue weighted by atomic mass is 19.1. The Labute approximate surface area is 136 Å². The number of carbonyl (C=O) groups excluding carboxylic acids is 2. The van der Waals surface area contributed by atoms with Crippen LogP contribution in [0.4, 0.5) is 4.39 Å². The zero-order valence-electron chi connectivity index (χ0n) is 13.9. The van der Waals surface area contributed by atoms with Gasteiger partial charge in [-0.2, -0.15) is 0 Å². The van der Waals surface area contributed by atoms with Gasteiger partial charge >= 0.3 is 0 Å². The summed E-state index contributed by atoms with van der Waals surface area (Å²) in [6.07, 6.45) is 2.05. The molecule has 2 rings (SSSR count). The molecule has 0 saturated heterocycles. The highest BCUT2D eigenvalue weighted by Gasteiger charge is 2.26. The van der Waals surface area contributed by atoms with E-state index in [1.54, 1.807) is 20.0 Å². The van der Waals surface area contributed by atoms with Crippen LogP contribution >= 0.6 is 0 Å². The van der Waals surface area contributed by atoms with Gasteiger partial charge in [0.1, 0.15) is 5.82 Å². The predicted octanol–water partition coefficient (Wildman–Crippen LogP) is 1.38. The van der Waals surface area contributed by atoms with Crippen molar-refractivity contribution in [3.63, 3.8) is 0 Å². The van der Waals surface area contributed by atoms with Gasteiger partial charge in [0.25, 0.3) is 0 Å². The van der Waals surface area contributed by atoms with Gasteiger partial charge in [-0.15, -0.1) is 0 Å². The summed E-state index contributed by atoms with van der Waals surface area (Å²) >= 11 is 0. The van der Waals surface area contributed by atoms with Gasteiger partial charge in [-0.1, -0.05) is 12.1 Å². The van der Waals surface area contributed by atoms with E-state index in [4.69, 9.17) is 0 Å². The Morgan fingerprint density at radius 1 is 1.35 bits per heavy atom. The number of rotatable bonds is 7.